The molecule has 1 aliphatic rings. The van der Waals surface area contributed by atoms with E-state index in [4.69, 9.17) is 0 Å². The predicted molar refractivity (Wildman–Crippen MR) is 117 cm³/mol. The Hall–Kier alpha value is -2.88. The SMILES string of the molecule is C=CCN(CC=C)c1ccc(C(=O)C(NC(=O)C2=CCCC=C2)C(C)C)cc1. The maximum atomic E-state index is 13.0. The van der Waals surface area contributed by atoms with Crippen molar-refractivity contribution in [3.8, 4) is 0 Å². The molecule has 1 N–H and O–H groups in total. The Kier molecular flexibility index (Phi) is 8.00. The number of nitrogens with zero attached hydrogens (tertiary/aromatic N) is 1. The van der Waals surface area contributed by atoms with Crippen LogP contribution in [-0.4, -0.2) is 30.8 Å². The lowest BCUT2D eigenvalue weighted by Crippen LogP contribution is -2.45. The fourth-order valence-corrected chi connectivity index (χ4v) is 3.15. The van der Waals surface area contributed by atoms with Gasteiger partial charge in [0, 0.05) is 29.9 Å². The van der Waals surface area contributed by atoms with Gasteiger partial charge in [-0.25, -0.2) is 0 Å². The minimum atomic E-state index is -0.563. The summed E-state index contributed by atoms with van der Waals surface area (Å²) >= 11 is 0. The Morgan fingerprint density at radius 1 is 1.11 bits per heavy atom. The molecule has 1 atom stereocenters. The third-order valence-corrected chi connectivity index (χ3v) is 4.71. The Bertz CT molecular complexity index is 762. The Morgan fingerprint density at radius 2 is 1.75 bits per heavy atom. The zero-order valence-corrected chi connectivity index (χ0v) is 16.9. The lowest BCUT2D eigenvalue weighted by molar-refractivity contribution is -0.117. The molecule has 1 aromatic rings. The number of carbonyl (C=O) groups excluding carboxylic acids is 2. The molecular formula is C24H30N2O2. The minimum Gasteiger partial charge on any atom is -0.364 e. The first-order valence-corrected chi connectivity index (χ1v) is 9.76. The molecule has 0 fully saturated rings. The second-order valence-corrected chi connectivity index (χ2v) is 7.23. The molecule has 4 heteroatoms. The van der Waals surface area contributed by atoms with Crippen LogP contribution in [-0.2, 0) is 4.79 Å². The molecule has 1 aliphatic carbocycles. The third-order valence-electron chi connectivity index (χ3n) is 4.71. The highest BCUT2D eigenvalue weighted by Crippen LogP contribution is 2.19. The van der Waals surface area contributed by atoms with Crippen molar-refractivity contribution in [3.05, 3.63) is 78.9 Å². The van der Waals surface area contributed by atoms with Crippen molar-refractivity contribution in [2.75, 3.05) is 18.0 Å². The zero-order valence-electron chi connectivity index (χ0n) is 16.9. The summed E-state index contributed by atoms with van der Waals surface area (Å²) in [7, 11) is 0. The standard InChI is InChI=1S/C24H30N2O2/c1-5-16-26(17-6-2)21-14-12-19(13-15-21)23(27)22(18(3)4)25-24(28)20-10-8-7-9-11-20/h5-6,8,10-15,18,22H,1-2,7,9,16-17H2,3-4H3,(H,25,28). The lowest BCUT2D eigenvalue weighted by atomic mass is 9.94. The number of carbonyl (C=O) groups is 2. The Balaban J connectivity index is 2.15. The Morgan fingerprint density at radius 3 is 2.25 bits per heavy atom. The number of rotatable bonds is 10. The van der Waals surface area contributed by atoms with Crippen molar-refractivity contribution < 1.29 is 9.59 Å². The molecule has 0 radical (unpaired) electrons. The molecule has 1 aromatic carbocycles. The number of hydrogen-bond donors (Lipinski definition) is 1. The maximum Gasteiger partial charge on any atom is 0.251 e. The first kappa shape index (κ1) is 21.4. The summed E-state index contributed by atoms with van der Waals surface area (Å²) in [5.41, 5.74) is 2.22. The van der Waals surface area contributed by atoms with Gasteiger partial charge in [-0.3, -0.25) is 9.59 Å². The summed E-state index contributed by atoms with van der Waals surface area (Å²) in [5.74, 6) is -0.278. The van der Waals surface area contributed by atoms with E-state index in [1.165, 1.54) is 0 Å². The number of allylic oxidation sites excluding steroid dienone is 2. The predicted octanol–water partition coefficient (Wildman–Crippen LogP) is 4.46. The van der Waals surface area contributed by atoms with Crippen LogP contribution in [0.5, 0.6) is 0 Å². The van der Waals surface area contributed by atoms with Gasteiger partial charge >= 0.3 is 0 Å². The molecule has 0 heterocycles. The second-order valence-electron chi connectivity index (χ2n) is 7.23. The van der Waals surface area contributed by atoms with Crippen LogP contribution in [0.1, 0.15) is 37.0 Å². The first-order valence-electron chi connectivity index (χ1n) is 9.76. The van der Waals surface area contributed by atoms with Crippen LogP contribution in [0.4, 0.5) is 5.69 Å². The summed E-state index contributed by atoms with van der Waals surface area (Å²) in [5, 5.41) is 2.92. The van der Waals surface area contributed by atoms with Crippen molar-refractivity contribution in [1.29, 1.82) is 0 Å². The molecule has 0 saturated carbocycles. The van der Waals surface area contributed by atoms with Crippen LogP contribution < -0.4 is 10.2 Å². The second kappa shape index (κ2) is 10.5. The van der Waals surface area contributed by atoms with E-state index in [0.717, 1.165) is 18.5 Å². The molecule has 1 unspecified atom stereocenters. The minimum absolute atomic E-state index is 0.0117. The van der Waals surface area contributed by atoms with Crippen LogP contribution in [0.15, 0.2) is 73.4 Å². The monoisotopic (exact) mass is 378 g/mol. The topological polar surface area (TPSA) is 49.4 Å². The normalized spacial score (nSPS) is 14.2. The van der Waals surface area contributed by atoms with Gasteiger partial charge in [-0.2, -0.15) is 0 Å². The van der Waals surface area contributed by atoms with Gasteiger partial charge in [0.2, 0.25) is 0 Å². The van der Waals surface area contributed by atoms with Gasteiger partial charge in [-0.1, -0.05) is 44.2 Å². The molecule has 0 spiro atoms. The maximum absolute atomic E-state index is 13.0. The number of amides is 1. The molecule has 4 nitrogen and oxygen atoms in total. The Labute approximate surface area is 168 Å². The van der Waals surface area contributed by atoms with Crippen molar-refractivity contribution in [2.24, 2.45) is 5.92 Å². The summed E-state index contributed by atoms with van der Waals surface area (Å²) < 4.78 is 0. The smallest absolute Gasteiger partial charge is 0.251 e. The highest BCUT2D eigenvalue weighted by atomic mass is 16.2. The number of Topliss-reactive ketones (excluding diaryl/α,β-unsaturated/α-hetero) is 1. The fourth-order valence-electron chi connectivity index (χ4n) is 3.15. The van der Waals surface area contributed by atoms with Crippen LogP contribution in [0, 0.1) is 5.92 Å². The van der Waals surface area contributed by atoms with Crippen LogP contribution in [0.3, 0.4) is 0 Å². The summed E-state index contributed by atoms with van der Waals surface area (Å²) in [6.45, 7) is 12.9. The molecule has 0 aromatic heterocycles. The van der Waals surface area contributed by atoms with Gasteiger partial charge in [0.1, 0.15) is 0 Å². The van der Waals surface area contributed by atoms with Gasteiger partial charge in [0.25, 0.3) is 5.91 Å². The van der Waals surface area contributed by atoms with E-state index in [1.807, 2.05) is 68.5 Å². The molecule has 0 saturated heterocycles. The van der Waals surface area contributed by atoms with Gasteiger partial charge in [-0.05, 0) is 43.0 Å². The number of ketones is 1. The highest BCUT2D eigenvalue weighted by Gasteiger charge is 2.26. The fraction of sp³-hybridized carbons (Fsp3) is 0.333. The molecule has 0 aliphatic heterocycles. The van der Waals surface area contributed by atoms with E-state index in [0.29, 0.717) is 24.2 Å². The molecule has 2 rings (SSSR count). The van der Waals surface area contributed by atoms with E-state index >= 15 is 0 Å². The number of anilines is 1. The molecular weight excluding hydrogens is 348 g/mol. The molecule has 0 bridgehead atoms. The quantitative estimate of drug-likeness (QED) is 0.483. The van der Waals surface area contributed by atoms with Gasteiger partial charge in [0.05, 0.1) is 6.04 Å². The van der Waals surface area contributed by atoms with Gasteiger partial charge in [-0.15, -0.1) is 13.2 Å². The molecule has 148 valence electrons. The van der Waals surface area contributed by atoms with Gasteiger partial charge in [0.15, 0.2) is 5.78 Å². The van der Waals surface area contributed by atoms with Crippen molar-refractivity contribution in [2.45, 2.75) is 32.7 Å². The van der Waals surface area contributed by atoms with Crippen molar-refractivity contribution in [3.63, 3.8) is 0 Å². The molecule has 28 heavy (non-hydrogen) atoms. The summed E-state index contributed by atoms with van der Waals surface area (Å²) in [6, 6.07) is 6.92. The summed E-state index contributed by atoms with van der Waals surface area (Å²) in [4.78, 5) is 27.7. The first-order chi connectivity index (χ1) is 13.5. The van der Waals surface area contributed by atoms with E-state index < -0.39 is 6.04 Å². The van der Waals surface area contributed by atoms with Gasteiger partial charge < -0.3 is 10.2 Å². The van der Waals surface area contributed by atoms with Crippen LogP contribution in [0.2, 0.25) is 0 Å². The van der Waals surface area contributed by atoms with E-state index in [2.05, 4.69) is 23.4 Å². The highest BCUT2D eigenvalue weighted by molar-refractivity contribution is 6.05. The van der Waals surface area contributed by atoms with Crippen LogP contribution >= 0.6 is 0 Å². The van der Waals surface area contributed by atoms with E-state index in [-0.39, 0.29) is 17.6 Å². The van der Waals surface area contributed by atoms with E-state index in [1.54, 1.807) is 0 Å². The average Bonchev–Trinajstić information content (AvgIpc) is 2.71. The number of hydrogen-bond acceptors (Lipinski definition) is 3. The van der Waals surface area contributed by atoms with Crippen molar-refractivity contribution in [1.82, 2.24) is 5.32 Å². The largest absolute Gasteiger partial charge is 0.364 e. The number of nitrogens with one attached hydrogen (secondary N) is 1. The summed E-state index contributed by atoms with van der Waals surface area (Å²) in [6.07, 6.45) is 11.2. The molecule has 1 amide bonds. The third kappa shape index (κ3) is 5.56. The van der Waals surface area contributed by atoms with E-state index in [9.17, 15) is 9.59 Å². The number of benzene rings is 1. The lowest BCUT2D eigenvalue weighted by Gasteiger charge is -2.24. The van der Waals surface area contributed by atoms with Crippen molar-refractivity contribution >= 4 is 17.4 Å². The zero-order chi connectivity index (χ0) is 20.5. The average molecular weight is 379 g/mol. The van der Waals surface area contributed by atoms with Crippen LogP contribution in [0.25, 0.3) is 0 Å².